The first-order valence-electron chi connectivity index (χ1n) is 9.94. The molecule has 1 aromatic rings. The van der Waals surface area contributed by atoms with Crippen LogP contribution in [0.4, 0.5) is 0 Å². The number of hydrogen-bond donors (Lipinski definition) is 1. The number of likely N-dealkylation sites (N-methyl/N-ethyl adjacent to an activating group) is 1. The van der Waals surface area contributed by atoms with E-state index >= 15 is 0 Å². The molecule has 1 amide bonds. The fraction of sp³-hybridized carbons (Fsp3) is 0.667. The van der Waals surface area contributed by atoms with Crippen molar-refractivity contribution in [2.24, 2.45) is 0 Å². The van der Waals surface area contributed by atoms with Gasteiger partial charge in [0.05, 0.1) is 13.5 Å². The van der Waals surface area contributed by atoms with Crippen molar-refractivity contribution in [1.29, 1.82) is 0 Å². The number of amides is 1. The minimum Gasteiger partial charge on any atom is -0.497 e. The van der Waals surface area contributed by atoms with Crippen molar-refractivity contribution in [3.63, 3.8) is 0 Å². The van der Waals surface area contributed by atoms with Gasteiger partial charge in [-0.05, 0) is 37.6 Å². The predicted octanol–water partition coefficient (Wildman–Crippen LogP) is 2.73. The molecule has 1 heterocycles. The first kappa shape index (κ1) is 22.0. The summed E-state index contributed by atoms with van der Waals surface area (Å²) in [7, 11) is 3.85. The maximum Gasteiger partial charge on any atom is 0.224 e. The van der Waals surface area contributed by atoms with Gasteiger partial charge in [-0.15, -0.1) is 12.4 Å². The van der Waals surface area contributed by atoms with Crippen LogP contribution in [0.25, 0.3) is 0 Å². The number of methoxy groups -OCH3 is 1. The average molecular weight is 396 g/mol. The standard InChI is InChI=1S/C21H33N3O2.ClH/c1-23-12-14-24(15-13-23)21(10-4-3-5-11-21)17-22-20(25)16-18-6-8-19(26-2)9-7-18;/h6-9H,3-5,10-17H2,1-2H3,(H,22,25);1H. The topological polar surface area (TPSA) is 44.8 Å². The van der Waals surface area contributed by atoms with Crippen LogP contribution in [0.15, 0.2) is 24.3 Å². The Morgan fingerprint density at radius 1 is 1.07 bits per heavy atom. The lowest BCUT2D eigenvalue weighted by molar-refractivity contribution is -0.121. The molecule has 3 rings (SSSR count). The summed E-state index contributed by atoms with van der Waals surface area (Å²) < 4.78 is 5.18. The fourth-order valence-corrected chi connectivity index (χ4v) is 4.35. The van der Waals surface area contributed by atoms with Crippen molar-refractivity contribution in [3.8, 4) is 5.75 Å². The normalized spacial score (nSPS) is 20.5. The second-order valence-corrected chi connectivity index (χ2v) is 7.88. The van der Waals surface area contributed by atoms with E-state index in [1.54, 1.807) is 7.11 Å². The lowest BCUT2D eigenvalue weighted by Gasteiger charge is -2.49. The van der Waals surface area contributed by atoms with Crippen LogP contribution in [0.2, 0.25) is 0 Å². The SMILES string of the molecule is COc1ccc(CC(=O)NCC2(N3CCN(C)CC3)CCCCC2)cc1.Cl. The monoisotopic (exact) mass is 395 g/mol. The van der Waals surface area contributed by atoms with Crippen LogP contribution in [0.5, 0.6) is 5.75 Å². The van der Waals surface area contributed by atoms with E-state index in [1.807, 2.05) is 24.3 Å². The largest absolute Gasteiger partial charge is 0.497 e. The molecule has 152 valence electrons. The van der Waals surface area contributed by atoms with Crippen LogP contribution in [0, 0.1) is 0 Å². The van der Waals surface area contributed by atoms with Gasteiger partial charge in [0.15, 0.2) is 0 Å². The van der Waals surface area contributed by atoms with E-state index in [-0.39, 0.29) is 23.9 Å². The first-order chi connectivity index (χ1) is 12.6. The molecule has 27 heavy (non-hydrogen) atoms. The van der Waals surface area contributed by atoms with Crippen LogP contribution >= 0.6 is 12.4 Å². The number of hydrogen-bond acceptors (Lipinski definition) is 4. The van der Waals surface area contributed by atoms with Crippen molar-refractivity contribution >= 4 is 18.3 Å². The van der Waals surface area contributed by atoms with Crippen LogP contribution in [0.3, 0.4) is 0 Å². The van der Waals surface area contributed by atoms with Crippen LogP contribution < -0.4 is 10.1 Å². The molecular weight excluding hydrogens is 362 g/mol. The second-order valence-electron chi connectivity index (χ2n) is 7.88. The van der Waals surface area contributed by atoms with E-state index in [2.05, 4.69) is 22.2 Å². The van der Waals surface area contributed by atoms with E-state index in [0.717, 1.165) is 44.0 Å². The summed E-state index contributed by atoms with van der Waals surface area (Å²) >= 11 is 0. The van der Waals surface area contributed by atoms with Crippen molar-refractivity contribution < 1.29 is 9.53 Å². The van der Waals surface area contributed by atoms with Crippen LogP contribution in [-0.4, -0.2) is 68.1 Å². The molecule has 6 heteroatoms. The summed E-state index contributed by atoms with van der Waals surface area (Å²) in [6.45, 7) is 5.27. The van der Waals surface area contributed by atoms with Gasteiger partial charge < -0.3 is 15.0 Å². The summed E-state index contributed by atoms with van der Waals surface area (Å²) in [5, 5.41) is 3.25. The highest BCUT2D eigenvalue weighted by Crippen LogP contribution is 2.34. The lowest BCUT2D eigenvalue weighted by atomic mass is 9.79. The maximum absolute atomic E-state index is 12.5. The number of nitrogens with one attached hydrogen (secondary N) is 1. The Kier molecular flexibility index (Phi) is 8.39. The molecule has 1 N–H and O–H groups in total. The number of nitrogens with zero attached hydrogens (tertiary/aromatic N) is 2. The highest BCUT2D eigenvalue weighted by molar-refractivity contribution is 5.85. The Bertz CT molecular complexity index is 580. The predicted molar refractivity (Wildman–Crippen MR) is 112 cm³/mol. The molecule has 5 nitrogen and oxygen atoms in total. The molecule has 1 saturated carbocycles. The molecule has 0 spiro atoms. The number of carbonyl (C=O) groups excluding carboxylic acids is 1. The summed E-state index contributed by atoms with van der Waals surface area (Å²) in [5.74, 6) is 0.944. The number of benzene rings is 1. The summed E-state index contributed by atoms with van der Waals surface area (Å²) in [6, 6.07) is 7.76. The molecular formula is C21H34ClN3O2. The van der Waals surface area contributed by atoms with E-state index in [4.69, 9.17) is 4.74 Å². The highest BCUT2D eigenvalue weighted by Gasteiger charge is 2.39. The van der Waals surface area contributed by atoms with E-state index in [0.29, 0.717) is 6.42 Å². The van der Waals surface area contributed by atoms with E-state index in [1.165, 1.54) is 32.1 Å². The zero-order chi connectivity index (χ0) is 18.4. The number of carbonyl (C=O) groups is 1. The Hall–Kier alpha value is -1.30. The molecule has 2 aliphatic rings. The Balaban J connectivity index is 0.00000261. The third-order valence-electron chi connectivity index (χ3n) is 6.10. The minimum absolute atomic E-state index is 0. The zero-order valence-corrected chi connectivity index (χ0v) is 17.5. The van der Waals surface area contributed by atoms with Crippen molar-refractivity contribution in [2.45, 2.75) is 44.1 Å². The third kappa shape index (κ3) is 5.84. The summed E-state index contributed by atoms with van der Waals surface area (Å²) in [5.41, 5.74) is 1.19. The minimum atomic E-state index is 0. The third-order valence-corrected chi connectivity index (χ3v) is 6.10. The van der Waals surface area contributed by atoms with E-state index < -0.39 is 0 Å². The van der Waals surface area contributed by atoms with Gasteiger partial charge in [0.1, 0.15) is 5.75 Å². The summed E-state index contributed by atoms with van der Waals surface area (Å²) in [4.78, 5) is 17.6. The van der Waals surface area contributed by atoms with Gasteiger partial charge in [-0.1, -0.05) is 31.4 Å². The highest BCUT2D eigenvalue weighted by atomic mass is 35.5. The molecule has 0 bridgehead atoms. The van der Waals surface area contributed by atoms with Gasteiger partial charge in [-0.25, -0.2) is 0 Å². The number of piperazine rings is 1. The molecule has 2 fully saturated rings. The van der Waals surface area contributed by atoms with Crippen molar-refractivity contribution in [2.75, 3.05) is 46.9 Å². The Labute approximate surface area is 169 Å². The zero-order valence-electron chi connectivity index (χ0n) is 16.7. The number of halogens is 1. The average Bonchev–Trinajstić information content (AvgIpc) is 2.68. The quantitative estimate of drug-likeness (QED) is 0.804. The molecule has 1 aliphatic carbocycles. The van der Waals surface area contributed by atoms with Crippen LogP contribution in [-0.2, 0) is 11.2 Å². The molecule has 0 aromatic heterocycles. The van der Waals surface area contributed by atoms with Gasteiger partial charge in [-0.2, -0.15) is 0 Å². The number of rotatable bonds is 6. The van der Waals surface area contributed by atoms with Gasteiger partial charge in [-0.3, -0.25) is 9.69 Å². The fourth-order valence-electron chi connectivity index (χ4n) is 4.35. The Morgan fingerprint density at radius 3 is 2.30 bits per heavy atom. The summed E-state index contributed by atoms with van der Waals surface area (Å²) in [6.07, 6.45) is 6.73. The lowest BCUT2D eigenvalue weighted by Crippen LogP contribution is -2.61. The second kappa shape index (κ2) is 10.3. The van der Waals surface area contributed by atoms with Crippen molar-refractivity contribution in [1.82, 2.24) is 15.1 Å². The van der Waals surface area contributed by atoms with Gasteiger partial charge in [0, 0.05) is 38.3 Å². The maximum atomic E-state index is 12.5. The molecule has 1 aromatic carbocycles. The van der Waals surface area contributed by atoms with Gasteiger partial charge in [0.25, 0.3) is 0 Å². The first-order valence-corrected chi connectivity index (χ1v) is 9.94. The number of ether oxygens (including phenoxy) is 1. The van der Waals surface area contributed by atoms with E-state index in [9.17, 15) is 4.79 Å². The van der Waals surface area contributed by atoms with Crippen LogP contribution in [0.1, 0.15) is 37.7 Å². The van der Waals surface area contributed by atoms with Gasteiger partial charge in [0.2, 0.25) is 5.91 Å². The molecule has 0 radical (unpaired) electrons. The van der Waals surface area contributed by atoms with Crippen molar-refractivity contribution in [3.05, 3.63) is 29.8 Å². The molecule has 1 saturated heterocycles. The van der Waals surface area contributed by atoms with Gasteiger partial charge >= 0.3 is 0 Å². The molecule has 1 aliphatic heterocycles. The molecule has 0 atom stereocenters. The Morgan fingerprint density at radius 2 is 1.70 bits per heavy atom. The molecule has 0 unspecified atom stereocenters. The smallest absolute Gasteiger partial charge is 0.224 e.